The number of amides is 1. The molecular formula is C15H21NO5S. The van der Waals surface area contributed by atoms with Gasteiger partial charge in [0.25, 0.3) is 5.91 Å². The minimum Gasteiger partial charge on any atom is -0.480 e. The number of carbonyl (C=O) groups excluding carboxylic acids is 1. The van der Waals surface area contributed by atoms with Crippen LogP contribution in [0.15, 0.2) is 23.1 Å². The van der Waals surface area contributed by atoms with Crippen LogP contribution in [0.1, 0.15) is 36.7 Å². The maximum absolute atomic E-state index is 12.6. The second-order valence-electron chi connectivity index (χ2n) is 5.37. The molecule has 0 radical (unpaired) electrons. The predicted octanol–water partition coefficient (Wildman–Crippen LogP) is 1.59. The molecule has 0 saturated heterocycles. The maximum Gasteiger partial charge on any atom is 0.323 e. The average Bonchev–Trinajstić information content (AvgIpc) is 2.41. The van der Waals surface area contributed by atoms with Crippen LogP contribution in [0, 0.1) is 0 Å². The van der Waals surface area contributed by atoms with Crippen molar-refractivity contribution in [3.63, 3.8) is 0 Å². The molecule has 0 fully saturated rings. The summed E-state index contributed by atoms with van der Waals surface area (Å²) in [5.74, 6) is -1.58. The molecule has 122 valence electrons. The molecule has 0 bridgehead atoms. The average molecular weight is 327 g/mol. The lowest BCUT2D eigenvalue weighted by Gasteiger charge is -2.26. The maximum atomic E-state index is 12.6. The summed E-state index contributed by atoms with van der Waals surface area (Å²) in [5.41, 5.74) is 0.925. The highest BCUT2D eigenvalue weighted by Crippen LogP contribution is 2.19. The normalized spacial score (nSPS) is 11.5. The van der Waals surface area contributed by atoms with E-state index in [1.165, 1.54) is 17.0 Å². The number of hydrogen-bond donors (Lipinski definition) is 1. The third-order valence-electron chi connectivity index (χ3n) is 3.31. The van der Waals surface area contributed by atoms with Gasteiger partial charge in [0.15, 0.2) is 9.84 Å². The van der Waals surface area contributed by atoms with Crippen molar-refractivity contribution in [2.75, 3.05) is 12.8 Å². The van der Waals surface area contributed by atoms with E-state index in [9.17, 15) is 18.0 Å². The van der Waals surface area contributed by atoms with Crippen LogP contribution in [0.5, 0.6) is 0 Å². The monoisotopic (exact) mass is 327 g/mol. The first-order valence-electron chi connectivity index (χ1n) is 6.93. The van der Waals surface area contributed by atoms with E-state index in [4.69, 9.17) is 5.11 Å². The van der Waals surface area contributed by atoms with Crippen LogP contribution in [0.4, 0.5) is 0 Å². The number of carboxylic acid groups (broad SMARTS) is 1. The molecule has 0 aliphatic heterocycles. The van der Waals surface area contributed by atoms with E-state index < -0.39 is 28.3 Å². The van der Waals surface area contributed by atoms with Gasteiger partial charge in [0, 0.05) is 17.9 Å². The fourth-order valence-electron chi connectivity index (χ4n) is 2.08. The summed E-state index contributed by atoms with van der Waals surface area (Å²) < 4.78 is 23.3. The number of aliphatic carboxylic acids is 1. The second-order valence-corrected chi connectivity index (χ2v) is 7.38. The predicted molar refractivity (Wildman–Crippen MR) is 82.7 cm³/mol. The lowest BCUT2D eigenvalue weighted by molar-refractivity contribution is -0.138. The first kappa shape index (κ1) is 18.2. The van der Waals surface area contributed by atoms with Gasteiger partial charge in [0.05, 0.1) is 4.90 Å². The van der Waals surface area contributed by atoms with Crippen molar-refractivity contribution in [2.45, 2.75) is 38.1 Å². The van der Waals surface area contributed by atoms with Gasteiger partial charge in [0.1, 0.15) is 6.54 Å². The second kappa shape index (κ2) is 6.91. The van der Waals surface area contributed by atoms with Gasteiger partial charge >= 0.3 is 5.97 Å². The summed E-state index contributed by atoms with van der Waals surface area (Å²) in [6.07, 6.45) is 1.61. The lowest BCUT2D eigenvalue weighted by atomic mass is 10.0. The van der Waals surface area contributed by atoms with Crippen molar-refractivity contribution in [3.8, 4) is 0 Å². The van der Waals surface area contributed by atoms with Crippen molar-refractivity contribution < 1.29 is 23.1 Å². The van der Waals surface area contributed by atoms with Gasteiger partial charge in [-0.2, -0.15) is 0 Å². The number of rotatable bonds is 6. The van der Waals surface area contributed by atoms with Gasteiger partial charge in [-0.3, -0.25) is 9.59 Å². The summed E-state index contributed by atoms with van der Waals surface area (Å²) in [6.45, 7) is 4.85. The molecule has 1 aromatic carbocycles. The van der Waals surface area contributed by atoms with Crippen LogP contribution >= 0.6 is 0 Å². The van der Waals surface area contributed by atoms with E-state index in [2.05, 4.69) is 0 Å². The first-order valence-corrected chi connectivity index (χ1v) is 8.82. The highest BCUT2D eigenvalue weighted by atomic mass is 32.2. The molecule has 0 saturated carbocycles. The lowest BCUT2D eigenvalue weighted by Crippen LogP contribution is -2.41. The minimum atomic E-state index is -3.44. The summed E-state index contributed by atoms with van der Waals surface area (Å²) in [7, 11) is -3.44. The van der Waals surface area contributed by atoms with Crippen molar-refractivity contribution >= 4 is 21.7 Å². The molecule has 0 unspecified atom stereocenters. The number of carbonyl (C=O) groups is 2. The number of nitrogens with zero attached hydrogens (tertiary/aromatic N) is 1. The van der Waals surface area contributed by atoms with Crippen molar-refractivity contribution in [3.05, 3.63) is 29.3 Å². The zero-order valence-electron chi connectivity index (χ0n) is 13.2. The molecule has 1 rings (SSSR count). The number of aryl methyl sites for hydroxylation is 1. The number of carboxylic acids is 1. The Bertz CT molecular complexity index is 679. The Morgan fingerprint density at radius 1 is 1.27 bits per heavy atom. The fourth-order valence-corrected chi connectivity index (χ4v) is 2.73. The summed E-state index contributed by atoms with van der Waals surface area (Å²) in [5, 5.41) is 8.95. The number of benzene rings is 1. The molecule has 0 heterocycles. The highest BCUT2D eigenvalue weighted by Gasteiger charge is 2.24. The molecule has 22 heavy (non-hydrogen) atoms. The molecule has 1 N–H and O–H groups in total. The van der Waals surface area contributed by atoms with Gasteiger partial charge in [-0.25, -0.2) is 8.42 Å². The molecular weight excluding hydrogens is 306 g/mol. The molecule has 1 amide bonds. The Morgan fingerprint density at radius 2 is 1.86 bits per heavy atom. The summed E-state index contributed by atoms with van der Waals surface area (Å²) in [6, 6.07) is 4.08. The van der Waals surface area contributed by atoms with Crippen molar-refractivity contribution in [2.24, 2.45) is 0 Å². The molecule has 0 aliphatic rings. The quantitative estimate of drug-likeness (QED) is 0.856. The molecule has 0 aliphatic carbocycles. The summed E-state index contributed by atoms with van der Waals surface area (Å²) in [4.78, 5) is 24.8. The SMILES string of the molecule is CCc1ccc(S(C)(=O)=O)cc1C(=O)N(CC(=O)O)C(C)C. The Balaban J connectivity index is 3.38. The van der Waals surface area contributed by atoms with E-state index in [-0.39, 0.29) is 16.5 Å². The van der Waals surface area contributed by atoms with E-state index in [1.54, 1.807) is 19.9 Å². The first-order chi connectivity index (χ1) is 10.1. The molecule has 0 spiro atoms. The van der Waals surface area contributed by atoms with Crippen LogP contribution in [-0.4, -0.2) is 49.1 Å². The topological polar surface area (TPSA) is 91.8 Å². The van der Waals surface area contributed by atoms with E-state index >= 15 is 0 Å². The standard InChI is InChI=1S/C15H21NO5S/c1-5-11-6-7-12(22(4,20)21)8-13(11)15(19)16(10(2)3)9-14(17)18/h6-8,10H,5,9H2,1-4H3,(H,17,18). The molecule has 0 atom stereocenters. The van der Waals surface area contributed by atoms with Gasteiger partial charge in [-0.1, -0.05) is 13.0 Å². The Labute approximate surface area is 130 Å². The minimum absolute atomic E-state index is 0.0482. The van der Waals surface area contributed by atoms with Crippen LogP contribution in [-0.2, 0) is 21.1 Å². The van der Waals surface area contributed by atoms with Crippen LogP contribution in [0.2, 0.25) is 0 Å². The fraction of sp³-hybridized carbons (Fsp3) is 0.467. The number of sulfone groups is 1. The van der Waals surface area contributed by atoms with E-state index in [0.29, 0.717) is 12.0 Å². The molecule has 0 aromatic heterocycles. The summed E-state index contributed by atoms with van der Waals surface area (Å²) >= 11 is 0. The van der Waals surface area contributed by atoms with Gasteiger partial charge in [-0.15, -0.1) is 0 Å². The van der Waals surface area contributed by atoms with Crippen LogP contribution in [0.3, 0.4) is 0 Å². The van der Waals surface area contributed by atoms with Crippen LogP contribution in [0.25, 0.3) is 0 Å². The van der Waals surface area contributed by atoms with Gasteiger partial charge < -0.3 is 10.0 Å². The largest absolute Gasteiger partial charge is 0.480 e. The third-order valence-corrected chi connectivity index (χ3v) is 4.42. The van der Waals surface area contributed by atoms with E-state index in [1.807, 2.05) is 6.92 Å². The molecule has 6 nitrogen and oxygen atoms in total. The van der Waals surface area contributed by atoms with Gasteiger partial charge in [0.2, 0.25) is 0 Å². The van der Waals surface area contributed by atoms with Gasteiger partial charge in [-0.05, 0) is 38.0 Å². The molecule has 1 aromatic rings. The third kappa shape index (κ3) is 4.30. The smallest absolute Gasteiger partial charge is 0.323 e. The van der Waals surface area contributed by atoms with E-state index in [0.717, 1.165) is 6.26 Å². The van der Waals surface area contributed by atoms with Crippen molar-refractivity contribution in [1.29, 1.82) is 0 Å². The molecule has 7 heteroatoms. The Morgan fingerprint density at radius 3 is 2.27 bits per heavy atom. The zero-order chi connectivity index (χ0) is 17.1. The van der Waals surface area contributed by atoms with Crippen molar-refractivity contribution in [1.82, 2.24) is 4.90 Å². The van der Waals surface area contributed by atoms with Crippen LogP contribution < -0.4 is 0 Å². The Kier molecular flexibility index (Phi) is 5.71. The Hall–Kier alpha value is -1.89. The zero-order valence-corrected chi connectivity index (χ0v) is 14.0. The number of hydrogen-bond acceptors (Lipinski definition) is 4. The highest BCUT2D eigenvalue weighted by molar-refractivity contribution is 7.90.